The van der Waals surface area contributed by atoms with Crippen LogP contribution in [0.5, 0.6) is 11.5 Å². The highest BCUT2D eigenvalue weighted by atomic mass is 16.6. The van der Waals surface area contributed by atoms with Crippen LogP contribution < -0.4 is 4.74 Å². The fourth-order valence-electron chi connectivity index (χ4n) is 3.45. The molecular formula is C23H22N2O6. The van der Waals surface area contributed by atoms with Crippen molar-refractivity contribution in [2.75, 3.05) is 6.54 Å². The highest BCUT2D eigenvalue weighted by Gasteiger charge is 2.41. The Morgan fingerprint density at radius 1 is 1.16 bits per heavy atom. The number of hydrogen-bond acceptors (Lipinski definition) is 7. The monoisotopic (exact) mass is 422 g/mol. The Kier molecular flexibility index (Phi) is 5.62. The Bertz CT molecular complexity index is 1110. The van der Waals surface area contributed by atoms with Crippen LogP contribution in [0.4, 0.5) is 4.79 Å². The third-order valence-electron chi connectivity index (χ3n) is 5.00. The number of phenols is 1. The minimum absolute atomic E-state index is 0.0982. The van der Waals surface area contributed by atoms with Crippen molar-refractivity contribution in [3.05, 3.63) is 65.5 Å². The van der Waals surface area contributed by atoms with Crippen LogP contribution in [0, 0.1) is 6.92 Å². The van der Waals surface area contributed by atoms with Crippen molar-refractivity contribution in [3.8, 4) is 23.0 Å². The molecule has 2 heterocycles. The summed E-state index contributed by atoms with van der Waals surface area (Å²) >= 11 is 0. The molecule has 8 nitrogen and oxygen atoms in total. The topological polar surface area (TPSA) is 102 Å². The summed E-state index contributed by atoms with van der Waals surface area (Å²) in [4.78, 5) is 29.8. The van der Waals surface area contributed by atoms with E-state index >= 15 is 0 Å². The van der Waals surface area contributed by atoms with Gasteiger partial charge in [0.25, 0.3) is 0 Å². The largest absolute Gasteiger partial charge is 0.504 e. The molecule has 1 fully saturated rings. The van der Waals surface area contributed by atoms with Gasteiger partial charge < -0.3 is 19.0 Å². The first-order chi connectivity index (χ1) is 15.0. The minimum Gasteiger partial charge on any atom is -0.504 e. The molecule has 1 aliphatic rings. The van der Waals surface area contributed by atoms with E-state index in [4.69, 9.17) is 13.9 Å². The predicted molar refractivity (Wildman–Crippen MR) is 110 cm³/mol. The molecule has 1 N–H and O–H groups in total. The second kappa shape index (κ2) is 8.51. The van der Waals surface area contributed by atoms with Crippen molar-refractivity contribution in [2.45, 2.75) is 32.9 Å². The van der Waals surface area contributed by atoms with Crippen LogP contribution in [-0.2, 0) is 16.1 Å². The Morgan fingerprint density at radius 3 is 2.65 bits per heavy atom. The zero-order valence-electron chi connectivity index (χ0n) is 17.2. The molecule has 8 heteroatoms. The molecule has 4 rings (SSSR count). The van der Waals surface area contributed by atoms with Gasteiger partial charge in [-0.25, -0.2) is 14.6 Å². The van der Waals surface area contributed by atoms with Crippen LogP contribution in [0.15, 0.2) is 52.9 Å². The molecule has 1 aliphatic heterocycles. The number of phenolic OH excluding ortho intramolecular Hbond substituents is 1. The minimum atomic E-state index is -0.876. The number of cyclic esters (lactones) is 2. The van der Waals surface area contributed by atoms with Crippen LogP contribution in [0.3, 0.4) is 0 Å². The number of aromatic nitrogens is 1. The van der Waals surface area contributed by atoms with Crippen molar-refractivity contribution in [1.29, 1.82) is 0 Å². The number of nitrogens with zero attached hydrogens (tertiary/aromatic N) is 2. The van der Waals surface area contributed by atoms with E-state index in [1.165, 1.54) is 11.0 Å². The molecule has 1 amide bonds. The van der Waals surface area contributed by atoms with Crippen molar-refractivity contribution in [3.63, 3.8) is 0 Å². The molecule has 1 unspecified atom stereocenters. The summed E-state index contributed by atoms with van der Waals surface area (Å²) < 4.78 is 16.2. The highest BCUT2D eigenvalue weighted by Crippen LogP contribution is 2.35. The van der Waals surface area contributed by atoms with Crippen LogP contribution in [0.2, 0.25) is 0 Å². The summed E-state index contributed by atoms with van der Waals surface area (Å²) in [6.45, 7) is 4.17. The van der Waals surface area contributed by atoms with E-state index in [2.05, 4.69) is 4.98 Å². The number of amides is 1. The summed E-state index contributed by atoms with van der Waals surface area (Å²) in [5.74, 6) is 0.546. The molecule has 0 spiro atoms. The maximum absolute atomic E-state index is 12.1. The Hall–Kier alpha value is -3.81. The van der Waals surface area contributed by atoms with Gasteiger partial charge in [0.2, 0.25) is 5.89 Å². The Morgan fingerprint density at radius 2 is 1.94 bits per heavy atom. The van der Waals surface area contributed by atoms with Crippen LogP contribution in [-0.4, -0.2) is 33.6 Å². The number of esters is 1. The SMILES string of the molecule is CCCN1C(=O)OC(=O)C1c1ccc(OCc2nc(-c3ccccc3)oc2C)c(O)c1. The van der Waals surface area contributed by atoms with E-state index in [0.717, 1.165) is 5.56 Å². The van der Waals surface area contributed by atoms with E-state index in [1.807, 2.05) is 37.3 Å². The van der Waals surface area contributed by atoms with E-state index in [-0.39, 0.29) is 18.1 Å². The highest BCUT2D eigenvalue weighted by molar-refractivity contribution is 5.96. The number of rotatable bonds is 7. The van der Waals surface area contributed by atoms with Crippen molar-refractivity contribution >= 4 is 12.1 Å². The van der Waals surface area contributed by atoms with Gasteiger partial charge in [-0.1, -0.05) is 31.2 Å². The summed E-state index contributed by atoms with van der Waals surface area (Å²) in [7, 11) is 0. The van der Waals surface area contributed by atoms with E-state index in [9.17, 15) is 14.7 Å². The van der Waals surface area contributed by atoms with Gasteiger partial charge in [-0.15, -0.1) is 0 Å². The third-order valence-corrected chi connectivity index (χ3v) is 5.00. The van der Waals surface area contributed by atoms with Crippen LogP contribution in [0.1, 0.15) is 36.4 Å². The fourth-order valence-corrected chi connectivity index (χ4v) is 3.45. The van der Waals surface area contributed by atoms with Crippen molar-refractivity contribution in [1.82, 2.24) is 9.88 Å². The molecule has 1 atom stereocenters. The average molecular weight is 422 g/mol. The van der Waals surface area contributed by atoms with Crippen LogP contribution in [0.25, 0.3) is 11.5 Å². The predicted octanol–water partition coefficient (Wildman–Crippen LogP) is 4.36. The molecule has 1 saturated heterocycles. The van der Waals surface area contributed by atoms with E-state index in [1.54, 1.807) is 19.1 Å². The first-order valence-electron chi connectivity index (χ1n) is 9.97. The molecule has 3 aromatic rings. The number of aromatic hydroxyl groups is 1. The molecular weight excluding hydrogens is 400 g/mol. The van der Waals surface area contributed by atoms with Crippen molar-refractivity contribution in [2.24, 2.45) is 0 Å². The molecule has 0 saturated carbocycles. The number of hydrogen-bond donors (Lipinski definition) is 1. The quantitative estimate of drug-likeness (QED) is 0.446. The van der Waals surface area contributed by atoms with Crippen molar-refractivity contribution < 1.29 is 28.6 Å². The number of benzene rings is 2. The Labute approximate surface area is 179 Å². The van der Waals surface area contributed by atoms with Crippen LogP contribution >= 0.6 is 0 Å². The molecule has 0 bridgehead atoms. The van der Waals surface area contributed by atoms with E-state index < -0.39 is 18.1 Å². The lowest BCUT2D eigenvalue weighted by Gasteiger charge is -2.20. The normalized spacial score (nSPS) is 15.9. The van der Waals surface area contributed by atoms with Gasteiger partial charge in [-0.05, 0) is 43.2 Å². The van der Waals surface area contributed by atoms with Gasteiger partial charge in [-0.2, -0.15) is 0 Å². The first-order valence-corrected chi connectivity index (χ1v) is 9.97. The lowest BCUT2D eigenvalue weighted by Crippen LogP contribution is -2.29. The molecule has 160 valence electrons. The molecule has 0 aliphatic carbocycles. The molecule has 2 aromatic carbocycles. The van der Waals surface area contributed by atoms with E-state index in [0.29, 0.717) is 35.9 Å². The number of ether oxygens (including phenoxy) is 2. The Balaban J connectivity index is 1.49. The molecule has 31 heavy (non-hydrogen) atoms. The zero-order valence-corrected chi connectivity index (χ0v) is 17.2. The standard InChI is InChI=1S/C23H22N2O6/c1-3-11-25-20(22(27)31-23(25)28)16-9-10-19(18(26)12-16)29-13-17-14(2)30-21(24-17)15-7-5-4-6-8-15/h4-10,12,20,26H,3,11,13H2,1-2H3. The number of carbonyl (C=O) groups excluding carboxylic acids is 2. The van der Waals surface area contributed by atoms with Gasteiger partial charge in [0, 0.05) is 12.1 Å². The number of carbonyl (C=O) groups is 2. The number of aryl methyl sites for hydroxylation is 1. The smallest absolute Gasteiger partial charge is 0.418 e. The molecule has 0 radical (unpaired) electrons. The lowest BCUT2D eigenvalue weighted by atomic mass is 10.1. The average Bonchev–Trinajstić information content (AvgIpc) is 3.27. The summed E-state index contributed by atoms with van der Waals surface area (Å²) in [5.41, 5.74) is 1.93. The maximum atomic E-state index is 12.1. The fraction of sp³-hybridized carbons (Fsp3) is 0.261. The second-order valence-corrected chi connectivity index (χ2v) is 7.19. The summed E-state index contributed by atoms with van der Waals surface area (Å²) in [6, 6.07) is 13.2. The van der Waals surface area contributed by atoms with Gasteiger partial charge in [-0.3, -0.25) is 4.90 Å². The van der Waals surface area contributed by atoms with Gasteiger partial charge >= 0.3 is 12.1 Å². The lowest BCUT2D eigenvalue weighted by molar-refractivity contribution is -0.136. The van der Waals surface area contributed by atoms with Gasteiger partial charge in [0.1, 0.15) is 18.1 Å². The summed E-state index contributed by atoms with van der Waals surface area (Å²) in [5, 5.41) is 10.4. The maximum Gasteiger partial charge on any atom is 0.418 e. The summed E-state index contributed by atoms with van der Waals surface area (Å²) in [6.07, 6.45) is 0.000971. The molecule has 1 aromatic heterocycles. The third kappa shape index (κ3) is 4.09. The van der Waals surface area contributed by atoms with Gasteiger partial charge in [0.05, 0.1) is 0 Å². The van der Waals surface area contributed by atoms with Gasteiger partial charge in [0.15, 0.2) is 17.5 Å². The number of oxazole rings is 1. The first kappa shape index (κ1) is 20.5. The second-order valence-electron chi connectivity index (χ2n) is 7.19. The zero-order chi connectivity index (χ0) is 22.0.